The van der Waals surface area contributed by atoms with Crippen LogP contribution in [0.1, 0.15) is 22.7 Å². The number of furan rings is 1. The van der Waals surface area contributed by atoms with Gasteiger partial charge in [0.1, 0.15) is 5.76 Å². The van der Waals surface area contributed by atoms with Crippen LogP contribution in [0.15, 0.2) is 41.1 Å². The van der Waals surface area contributed by atoms with Crippen LogP contribution >= 0.6 is 0 Å². The third-order valence-corrected chi connectivity index (χ3v) is 5.46. The molecular formula is C19H22N4O3. The van der Waals surface area contributed by atoms with E-state index in [9.17, 15) is 9.59 Å². The van der Waals surface area contributed by atoms with E-state index in [4.69, 9.17) is 4.42 Å². The van der Waals surface area contributed by atoms with Crippen molar-refractivity contribution >= 4 is 17.5 Å². The minimum atomic E-state index is -0.249. The zero-order valence-corrected chi connectivity index (χ0v) is 15.0. The highest BCUT2D eigenvalue weighted by molar-refractivity contribution is 5.96. The van der Waals surface area contributed by atoms with Crippen molar-refractivity contribution in [2.75, 3.05) is 38.1 Å². The topological polar surface area (TPSA) is 69.9 Å². The quantitative estimate of drug-likeness (QED) is 0.818. The summed E-state index contributed by atoms with van der Waals surface area (Å²) in [5.74, 6) is 1.06. The summed E-state index contributed by atoms with van der Waals surface area (Å²) in [4.78, 5) is 35.1. The Kier molecular flexibility index (Phi) is 4.03. The van der Waals surface area contributed by atoms with Gasteiger partial charge >= 0.3 is 0 Å². The van der Waals surface area contributed by atoms with Crippen LogP contribution in [0.2, 0.25) is 0 Å². The van der Waals surface area contributed by atoms with Gasteiger partial charge in [-0.2, -0.15) is 0 Å². The molecule has 2 amide bonds. The predicted octanol–water partition coefficient (Wildman–Crippen LogP) is 1.55. The van der Waals surface area contributed by atoms with Crippen LogP contribution in [0.5, 0.6) is 0 Å². The molecule has 1 atom stereocenters. The van der Waals surface area contributed by atoms with Crippen molar-refractivity contribution in [3.05, 3.63) is 48.2 Å². The molecule has 2 aromatic rings. The number of rotatable bonds is 2. The van der Waals surface area contributed by atoms with Gasteiger partial charge in [-0.15, -0.1) is 0 Å². The number of carbonyl (C=O) groups excluding carboxylic acids is 2. The Morgan fingerprint density at radius 3 is 2.81 bits per heavy atom. The Hall–Kier alpha value is -2.67. The lowest BCUT2D eigenvalue weighted by atomic mass is 9.92. The molecule has 136 valence electrons. The monoisotopic (exact) mass is 354 g/mol. The summed E-state index contributed by atoms with van der Waals surface area (Å²) < 4.78 is 5.49. The molecule has 0 saturated carbocycles. The van der Waals surface area contributed by atoms with Crippen LogP contribution in [0.4, 0.5) is 5.69 Å². The third kappa shape index (κ3) is 2.78. The lowest BCUT2D eigenvalue weighted by Gasteiger charge is -2.46. The van der Waals surface area contributed by atoms with E-state index in [1.54, 1.807) is 29.4 Å². The molecule has 0 bridgehead atoms. The van der Waals surface area contributed by atoms with Crippen molar-refractivity contribution in [3.63, 3.8) is 0 Å². The first-order chi connectivity index (χ1) is 12.5. The molecule has 1 spiro atoms. The number of anilines is 1. The molecular weight excluding hydrogens is 332 g/mol. The average molecular weight is 354 g/mol. The van der Waals surface area contributed by atoms with Gasteiger partial charge < -0.3 is 14.2 Å². The molecule has 2 aliphatic heterocycles. The van der Waals surface area contributed by atoms with E-state index in [2.05, 4.69) is 9.88 Å². The maximum atomic E-state index is 12.7. The molecule has 0 aromatic carbocycles. The van der Waals surface area contributed by atoms with Crippen molar-refractivity contribution < 1.29 is 14.0 Å². The number of hydrogen-bond acceptors (Lipinski definition) is 5. The molecule has 2 aromatic heterocycles. The van der Waals surface area contributed by atoms with Crippen molar-refractivity contribution in [1.29, 1.82) is 0 Å². The lowest BCUT2D eigenvalue weighted by Crippen LogP contribution is -2.64. The number of piperazine rings is 1. The molecule has 7 nitrogen and oxygen atoms in total. The molecule has 0 aliphatic carbocycles. The highest BCUT2D eigenvalue weighted by Crippen LogP contribution is 2.33. The second-order valence-electron chi connectivity index (χ2n) is 7.16. The summed E-state index contributed by atoms with van der Waals surface area (Å²) in [5, 5.41) is 0. The summed E-state index contributed by atoms with van der Waals surface area (Å²) in [6.45, 7) is 3.93. The minimum absolute atomic E-state index is 0.0533. The summed E-state index contributed by atoms with van der Waals surface area (Å²) in [6.07, 6.45) is 4.22. The lowest BCUT2D eigenvalue weighted by molar-refractivity contribution is -0.123. The highest BCUT2D eigenvalue weighted by Gasteiger charge is 2.49. The van der Waals surface area contributed by atoms with Gasteiger partial charge in [0.25, 0.3) is 5.91 Å². The van der Waals surface area contributed by atoms with Gasteiger partial charge in [-0.1, -0.05) is 0 Å². The van der Waals surface area contributed by atoms with Crippen LogP contribution in [0.3, 0.4) is 0 Å². The number of likely N-dealkylation sites (N-methyl/N-ethyl adjacent to an activating group) is 1. The van der Waals surface area contributed by atoms with Crippen molar-refractivity contribution in [2.45, 2.75) is 18.9 Å². The number of likely N-dealkylation sites (tertiary alicyclic amines) is 1. The van der Waals surface area contributed by atoms with E-state index in [0.717, 1.165) is 17.9 Å². The SMILES string of the molecule is Cc1ccc(C(=O)N2CCC3(C2)CN(c2cccnc2)C(=O)CN3C)o1. The molecule has 0 N–H and O–H groups in total. The number of carbonyl (C=O) groups is 2. The zero-order chi connectivity index (χ0) is 18.3. The van der Waals surface area contributed by atoms with Gasteiger partial charge in [0.2, 0.25) is 5.91 Å². The molecule has 0 radical (unpaired) electrons. The summed E-state index contributed by atoms with van der Waals surface area (Å²) in [7, 11) is 1.96. The Bertz CT molecular complexity index is 834. The Labute approximate surface area is 152 Å². The second kappa shape index (κ2) is 6.25. The van der Waals surface area contributed by atoms with Crippen LogP contribution in [0.25, 0.3) is 0 Å². The second-order valence-corrected chi connectivity index (χ2v) is 7.16. The minimum Gasteiger partial charge on any atom is -0.456 e. The molecule has 1 unspecified atom stereocenters. The average Bonchev–Trinajstić information content (AvgIpc) is 3.26. The Morgan fingerprint density at radius 2 is 2.12 bits per heavy atom. The molecule has 26 heavy (non-hydrogen) atoms. The molecule has 4 heterocycles. The first-order valence-corrected chi connectivity index (χ1v) is 8.76. The van der Waals surface area contributed by atoms with Crippen molar-refractivity contribution in [3.8, 4) is 0 Å². The number of amides is 2. The zero-order valence-electron chi connectivity index (χ0n) is 15.0. The first kappa shape index (κ1) is 16.8. The number of pyridine rings is 1. The van der Waals surface area contributed by atoms with Crippen molar-refractivity contribution in [2.24, 2.45) is 0 Å². The Balaban J connectivity index is 1.56. The molecule has 2 aliphatic rings. The van der Waals surface area contributed by atoms with Crippen LogP contribution in [-0.4, -0.2) is 65.4 Å². The number of aromatic nitrogens is 1. The normalized spacial score (nSPS) is 23.8. The molecule has 2 fully saturated rings. The molecule has 7 heteroatoms. The van der Waals surface area contributed by atoms with Gasteiger partial charge in [-0.05, 0) is 44.7 Å². The number of nitrogens with zero attached hydrogens (tertiary/aromatic N) is 4. The Morgan fingerprint density at radius 1 is 1.27 bits per heavy atom. The van der Waals surface area contributed by atoms with Crippen LogP contribution in [-0.2, 0) is 4.79 Å². The van der Waals surface area contributed by atoms with Crippen molar-refractivity contribution in [1.82, 2.24) is 14.8 Å². The van der Waals surface area contributed by atoms with Gasteiger partial charge in [-0.3, -0.25) is 19.5 Å². The molecule has 4 rings (SSSR count). The third-order valence-electron chi connectivity index (χ3n) is 5.46. The summed E-state index contributed by atoms with van der Waals surface area (Å²) in [6, 6.07) is 7.25. The smallest absolute Gasteiger partial charge is 0.289 e. The summed E-state index contributed by atoms with van der Waals surface area (Å²) >= 11 is 0. The van der Waals surface area contributed by atoms with Gasteiger partial charge in [0.15, 0.2) is 5.76 Å². The maximum absolute atomic E-state index is 12.7. The van der Waals surface area contributed by atoms with Gasteiger partial charge in [0, 0.05) is 25.8 Å². The van der Waals surface area contributed by atoms with Gasteiger partial charge in [-0.25, -0.2) is 0 Å². The number of aryl methyl sites for hydroxylation is 1. The fraction of sp³-hybridized carbons (Fsp3) is 0.421. The van der Waals surface area contributed by atoms with E-state index in [0.29, 0.717) is 31.9 Å². The highest BCUT2D eigenvalue weighted by atomic mass is 16.3. The van der Waals surface area contributed by atoms with Crippen LogP contribution in [0, 0.1) is 6.92 Å². The fourth-order valence-corrected chi connectivity index (χ4v) is 3.88. The van der Waals surface area contributed by atoms with Gasteiger partial charge in [0.05, 0.1) is 24.0 Å². The maximum Gasteiger partial charge on any atom is 0.289 e. The number of hydrogen-bond donors (Lipinski definition) is 0. The molecule has 2 saturated heterocycles. The van der Waals surface area contributed by atoms with E-state index >= 15 is 0 Å². The van der Waals surface area contributed by atoms with E-state index in [1.807, 2.05) is 31.0 Å². The summed E-state index contributed by atoms with van der Waals surface area (Å²) in [5.41, 5.74) is 0.553. The fourth-order valence-electron chi connectivity index (χ4n) is 3.88. The van der Waals surface area contributed by atoms with E-state index in [-0.39, 0.29) is 17.4 Å². The first-order valence-electron chi connectivity index (χ1n) is 8.76. The standard InChI is InChI=1S/C19H22N4O3/c1-14-5-6-16(26-14)18(25)22-9-7-19(12-22)13-23(17(24)11-21(19)2)15-4-3-8-20-10-15/h3-6,8,10H,7,9,11-13H2,1-2H3. The largest absolute Gasteiger partial charge is 0.456 e. The predicted molar refractivity (Wildman–Crippen MR) is 95.9 cm³/mol. The van der Waals surface area contributed by atoms with Crippen LogP contribution < -0.4 is 4.90 Å². The van der Waals surface area contributed by atoms with E-state index in [1.165, 1.54) is 0 Å². The van der Waals surface area contributed by atoms with E-state index < -0.39 is 0 Å².